The third-order valence-corrected chi connectivity index (χ3v) is 24.2. The van der Waals surface area contributed by atoms with Crippen LogP contribution >= 0.6 is 0 Å². The van der Waals surface area contributed by atoms with E-state index in [9.17, 15) is 0 Å². The Kier molecular flexibility index (Phi) is 18.2. The molecule has 120 heavy (non-hydrogen) atoms. The number of rotatable bonds is 14. The Hall–Kier alpha value is -15.2. The molecule has 0 unspecified atom stereocenters. The summed E-state index contributed by atoms with van der Waals surface area (Å²) >= 11 is 0. The van der Waals surface area contributed by atoms with Crippen molar-refractivity contribution in [2.24, 2.45) is 0 Å². The highest BCUT2D eigenvalue weighted by atomic mass is 15.1. The van der Waals surface area contributed by atoms with E-state index < -0.39 is 0 Å². The van der Waals surface area contributed by atoms with Crippen LogP contribution in [0.3, 0.4) is 0 Å². The van der Waals surface area contributed by atoms with Crippen molar-refractivity contribution in [3.8, 4) is 67.3 Å². The highest BCUT2D eigenvalue weighted by Crippen LogP contribution is 2.51. The van der Waals surface area contributed by atoms with Gasteiger partial charge >= 0.3 is 0 Å². The second-order valence-corrected chi connectivity index (χ2v) is 32.0. The van der Waals surface area contributed by atoms with Crippen molar-refractivity contribution in [1.29, 1.82) is 0 Å². The first-order valence-corrected chi connectivity index (χ1v) is 41.5. The molecule has 0 saturated carbocycles. The molecule has 22 rings (SSSR count). The molecule has 0 aliphatic heterocycles. The van der Waals surface area contributed by atoms with Crippen molar-refractivity contribution >= 4 is 121 Å². The minimum Gasteiger partial charge on any atom is -0.311 e. The van der Waals surface area contributed by atoms with Crippen molar-refractivity contribution in [3.63, 3.8) is 0 Å². The molecule has 0 aliphatic rings. The molecule has 18 aromatic carbocycles. The predicted octanol–water partition coefficient (Wildman–Crippen LogP) is 31.2. The Labute approximate surface area is 699 Å². The van der Waals surface area contributed by atoms with Crippen LogP contribution in [0.25, 0.3) is 154 Å². The molecule has 4 heterocycles. The number of aromatic nitrogens is 4. The first kappa shape index (κ1) is 72.5. The summed E-state index contributed by atoms with van der Waals surface area (Å²) in [6.45, 7) is 13.3. The molecule has 0 radical (unpaired) electrons. The van der Waals surface area contributed by atoms with E-state index in [1.54, 1.807) is 0 Å². The van der Waals surface area contributed by atoms with Gasteiger partial charge in [0.25, 0.3) is 0 Å². The number of fused-ring (bicyclic) bond motifs is 14. The van der Waals surface area contributed by atoms with Crippen LogP contribution < -0.4 is 9.80 Å². The fourth-order valence-electron chi connectivity index (χ4n) is 18.9. The summed E-state index contributed by atoms with van der Waals surface area (Å²) in [5, 5.41) is 9.97. The third-order valence-electron chi connectivity index (χ3n) is 24.2. The van der Waals surface area contributed by atoms with E-state index in [0.29, 0.717) is 0 Å². The zero-order valence-electron chi connectivity index (χ0n) is 67.9. The molecule has 6 nitrogen and oxygen atoms in total. The number of hydrogen-bond acceptors (Lipinski definition) is 2. The van der Waals surface area contributed by atoms with Crippen LogP contribution in [-0.4, -0.2) is 18.3 Å². The minimum absolute atomic E-state index is 1.09. The standard InChI is InChI=1S/C60H41N3.C54H45N3/c1-5-17-42(18-6-1)44-29-35-49(36-30-44)61(50-37-31-45(32-38-50)43-19-7-2-8-20-43)51-39-33-46(34-40-51)54-41-55-52-25-13-15-27-56(52)62(47-21-9-3-10-22-47)59(55)60-58(54)53-26-14-16-28-57(53)63(60)48-23-11-4-12-24-48;1-34-17-23-43(24-18-34)55(44-25-19-35(2)20-26-44)45-27-21-40(22-28-45)46-33-48-47-31-36(3)29-38(5)51(47)56(41-13-9-7-10-14-41)53(48)54-50(46)49-32-37(4)30-39(6)52(49)57(54)42-15-11-8-12-16-42/h1-41H;7-33H,1-6H3. The fourth-order valence-corrected chi connectivity index (χ4v) is 18.9. The van der Waals surface area contributed by atoms with Gasteiger partial charge in [-0.3, -0.25) is 0 Å². The smallest absolute Gasteiger partial charge is 0.0795 e. The predicted molar refractivity (Wildman–Crippen MR) is 510 cm³/mol. The molecule has 0 saturated heterocycles. The summed E-state index contributed by atoms with van der Waals surface area (Å²) in [6.07, 6.45) is 0. The first-order valence-electron chi connectivity index (χ1n) is 41.5. The highest BCUT2D eigenvalue weighted by molar-refractivity contribution is 6.30. The number of benzene rings is 18. The second kappa shape index (κ2) is 30.1. The topological polar surface area (TPSA) is 26.2 Å². The van der Waals surface area contributed by atoms with Gasteiger partial charge < -0.3 is 28.1 Å². The quantitative estimate of drug-likeness (QED) is 0.108. The zero-order valence-corrected chi connectivity index (χ0v) is 67.9. The lowest BCUT2D eigenvalue weighted by atomic mass is 9.95. The summed E-state index contributed by atoms with van der Waals surface area (Å²) in [4.78, 5) is 4.72. The second-order valence-electron chi connectivity index (χ2n) is 32.0. The molecule has 0 amide bonds. The monoisotopic (exact) mass is 1540 g/mol. The van der Waals surface area contributed by atoms with Crippen LogP contribution in [-0.2, 0) is 0 Å². The van der Waals surface area contributed by atoms with Gasteiger partial charge in [-0.2, -0.15) is 0 Å². The van der Waals surface area contributed by atoms with Crippen molar-refractivity contribution in [1.82, 2.24) is 18.3 Å². The molecule has 0 aliphatic carbocycles. The lowest BCUT2D eigenvalue weighted by Gasteiger charge is -2.26. The van der Waals surface area contributed by atoms with Crippen molar-refractivity contribution in [2.45, 2.75) is 41.5 Å². The van der Waals surface area contributed by atoms with Crippen molar-refractivity contribution < 1.29 is 0 Å². The van der Waals surface area contributed by atoms with E-state index in [-0.39, 0.29) is 0 Å². The van der Waals surface area contributed by atoms with E-state index in [0.717, 1.165) is 62.4 Å². The Balaban J connectivity index is 0.000000149. The van der Waals surface area contributed by atoms with E-state index in [1.165, 1.54) is 160 Å². The van der Waals surface area contributed by atoms with Gasteiger partial charge in [-0.15, -0.1) is 0 Å². The van der Waals surface area contributed by atoms with Crippen LogP contribution in [0.2, 0.25) is 0 Å². The molecule has 0 fully saturated rings. The average molecular weight is 1540 g/mol. The molecule has 0 bridgehead atoms. The number of aryl methyl sites for hydroxylation is 6. The first-order chi connectivity index (χ1) is 59.0. The molecule has 0 N–H and O–H groups in total. The molecule has 4 aromatic heterocycles. The SMILES string of the molecule is Cc1ccc(N(c2ccc(C)cc2)c2ccc(-c3cc4c5cc(C)cc(C)c5n(-c5ccccc5)c4c4c3c3cc(C)cc(C)c3n4-c3ccccc3)cc2)cc1.c1ccc(-c2ccc(N(c3ccc(-c4ccccc4)cc3)c3ccc(-c4cc5c6ccccc6n(-c6ccccc6)c5c5c4c4ccccc4n5-c4ccccc4)cc3)cc2)cc1. The van der Waals surface area contributed by atoms with Crippen LogP contribution in [0.15, 0.2) is 413 Å². The summed E-state index contributed by atoms with van der Waals surface area (Å²) in [6, 6.07) is 151. The van der Waals surface area contributed by atoms with Gasteiger partial charge in [0.15, 0.2) is 0 Å². The normalized spacial score (nSPS) is 11.6. The number of hydrogen-bond donors (Lipinski definition) is 0. The van der Waals surface area contributed by atoms with E-state index in [4.69, 9.17) is 0 Å². The lowest BCUT2D eigenvalue weighted by Crippen LogP contribution is -2.09. The molecular weight excluding hydrogens is 1450 g/mol. The highest BCUT2D eigenvalue weighted by Gasteiger charge is 2.29. The minimum atomic E-state index is 1.09. The Bertz CT molecular complexity index is 7470. The molecular formula is C114H86N6. The zero-order chi connectivity index (χ0) is 80.6. The number of anilines is 6. The van der Waals surface area contributed by atoms with Crippen molar-refractivity contribution in [2.75, 3.05) is 9.80 Å². The van der Waals surface area contributed by atoms with Gasteiger partial charge in [-0.05, 0) is 255 Å². The molecule has 22 aromatic rings. The summed E-state index contributed by atoms with van der Waals surface area (Å²) in [7, 11) is 0. The molecule has 572 valence electrons. The van der Waals surface area contributed by atoms with Gasteiger partial charge in [0.1, 0.15) is 0 Å². The van der Waals surface area contributed by atoms with Gasteiger partial charge in [0.2, 0.25) is 0 Å². The van der Waals surface area contributed by atoms with Crippen LogP contribution in [0, 0.1) is 41.5 Å². The van der Waals surface area contributed by atoms with Crippen LogP contribution in [0.4, 0.5) is 34.1 Å². The number of nitrogens with zero attached hydrogens (tertiary/aromatic N) is 6. The van der Waals surface area contributed by atoms with Crippen molar-refractivity contribution in [3.05, 3.63) is 446 Å². The van der Waals surface area contributed by atoms with Gasteiger partial charge in [0.05, 0.1) is 44.1 Å². The fraction of sp³-hybridized carbons (Fsp3) is 0.0526. The summed E-state index contributed by atoms with van der Waals surface area (Å²) < 4.78 is 10.00. The lowest BCUT2D eigenvalue weighted by molar-refractivity contribution is 1.14. The summed E-state index contributed by atoms with van der Waals surface area (Å²) in [5.41, 5.74) is 38.1. The molecule has 0 spiro atoms. The third kappa shape index (κ3) is 12.6. The van der Waals surface area contributed by atoms with Gasteiger partial charge in [-0.1, -0.05) is 277 Å². The average Bonchev–Trinajstić information content (AvgIpc) is 1.62. The van der Waals surface area contributed by atoms with Crippen LogP contribution in [0.1, 0.15) is 33.4 Å². The molecule has 6 heteroatoms. The Morgan fingerprint density at radius 2 is 0.442 bits per heavy atom. The van der Waals surface area contributed by atoms with Crippen LogP contribution in [0.5, 0.6) is 0 Å². The Morgan fingerprint density at radius 3 is 0.858 bits per heavy atom. The maximum Gasteiger partial charge on any atom is 0.0795 e. The maximum absolute atomic E-state index is 2.54. The van der Waals surface area contributed by atoms with E-state index in [2.05, 4.69) is 482 Å². The summed E-state index contributed by atoms with van der Waals surface area (Å²) in [5.74, 6) is 0. The van der Waals surface area contributed by atoms with E-state index in [1.807, 2.05) is 0 Å². The van der Waals surface area contributed by atoms with Gasteiger partial charge in [-0.25, -0.2) is 0 Å². The number of para-hydroxylation sites is 6. The maximum atomic E-state index is 2.54. The van der Waals surface area contributed by atoms with E-state index >= 15 is 0 Å². The Morgan fingerprint density at radius 1 is 0.175 bits per heavy atom. The molecule has 0 atom stereocenters. The largest absolute Gasteiger partial charge is 0.311 e. The van der Waals surface area contributed by atoms with Gasteiger partial charge in [0, 0.05) is 100.0 Å².